The molecule has 2 fully saturated rings. The molecule has 110 valence electrons. The van der Waals surface area contributed by atoms with Crippen LogP contribution >= 0.6 is 11.8 Å². The summed E-state index contributed by atoms with van der Waals surface area (Å²) >= 11 is 1.66. The van der Waals surface area contributed by atoms with Crippen LogP contribution < -0.4 is 5.32 Å². The van der Waals surface area contributed by atoms with E-state index in [-0.39, 0.29) is 11.9 Å². The van der Waals surface area contributed by atoms with Gasteiger partial charge in [-0.1, -0.05) is 13.8 Å². The minimum Gasteiger partial charge on any atom is -0.379 e. The second-order valence-electron chi connectivity index (χ2n) is 6.28. The van der Waals surface area contributed by atoms with Crippen molar-refractivity contribution in [3.05, 3.63) is 0 Å². The molecular weight excluding hydrogens is 260 g/mol. The molecule has 0 bridgehead atoms. The predicted octanol–water partition coefficient (Wildman–Crippen LogP) is 1.09. The van der Waals surface area contributed by atoms with Crippen LogP contribution in [0, 0.1) is 5.92 Å². The summed E-state index contributed by atoms with van der Waals surface area (Å²) in [5.74, 6) is 1.98. The Morgan fingerprint density at radius 1 is 1.47 bits per heavy atom. The summed E-state index contributed by atoms with van der Waals surface area (Å²) in [7, 11) is 0. The molecule has 2 rings (SSSR count). The Kier molecular flexibility index (Phi) is 5.15. The summed E-state index contributed by atoms with van der Waals surface area (Å²) in [4.78, 5) is 14.6. The fraction of sp³-hybridized carbons (Fsp3) is 0.929. The Labute approximate surface area is 120 Å². The van der Waals surface area contributed by atoms with Gasteiger partial charge < -0.3 is 15.3 Å². The number of piperidine rings is 1. The van der Waals surface area contributed by atoms with Gasteiger partial charge in [0.15, 0.2) is 5.60 Å². The third-order valence-electron chi connectivity index (χ3n) is 3.97. The SMILES string of the molecule is CC(C)CN1CCC(NC(=O)C2(O)CCSC2)CC1. The molecule has 0 radical (unpaired) electrons. The zero-order valence-electron chi connectivity index (χ0n) is 12.0. The van der Waals surface area contributed by atoms with Gasteiger partial charge in [0.2, 0.25) is 0 Å². The number of carbonyl (C=O) groups is 1. The van der Waals surface area contributed by atoms with Crippen molar-refractivity contribution in [1.29, 1.82) is 0 Å². The Morgan fingerprint density at radius 2 is 2.16 bits per heavy atom. The number of nitrogens with zero attached hydrogens (tertiary/aromatic N) is 1. The zero-order valence-corrected chi connectivity index (χ0v) is 12.8. The number of thioether (sulfide) groups is 1. The summed E-state index contributed by atoms with van der Waals surface area (Å²) in [6.07, 6.45) is 2.60. The van der Waals surface area contributed by atoms with Gasteiger partial charge >= 0.3 is 0 Å². The lowest BCUT2D eigenvalue weighted by Crippen LogP contribution is -2.53. The number of nitrogens with one attached hydrogen (secondary N) is 1. The number of carbonyl (C=O) groups excluding carboxylic acids is 1. The van der Waals surface area contributed by atoms with E-state index in [1.54, 1.807) is 11.8 Å². The number of likely N-dealkylation sites (tertiary alicyclic amines) is 1. The van der Waals surface area contributed by atoms with Crippen LogP contribution in [0.5, 0.6) is 0 Å². The normalized spacial score (nSPS) is 29.9. The van der Waals surface area contributed by atoms with Crippen molar-refractivity contribution in [2.24, 2.45) is 5.92 Å². The Morgan fingerprint density at radius 3 is 2.68 bits per heavy atom. The van der Waals surface area contributed by atoms with Crippen molar-refractivity contribution in [2.75, 3.05) is 31.1 Å². The third-order valence-corrected chi connectivity index (χ3v) is 5.14. The highest BCUT2D eigenvalue weighted by Gasteiger charge is 2.40. The summed E-state index contributed by atoms with van der Waals surface area (Å²) < 4.78 is 0. The van der Waals surface area contributed by atoms with E-state index in [0.717, 1.165) is 38.2 Å². The lowest BCUT2D eigenvalue weighted by molar-refractivity contribution is -0.138. The van der Waals surface area contributed by atoms with Gasteiger partial charge in [-0.3, -0.25) is 4.79 Å². The minimum atomic E-state index is -1.11. The maximum absolute atomic E-state index is 12.1. The van der Waals surface area contributed by atoms with Crippen molar-refractivity contribution >= 4 is 17.7 Å². The van der Waals surface area contributed by atoms with Gasteiger partial charge in [-0.15, -0.1) is 0 Å². The highest BCUT2D eigenvalue weighted by molar-refractivity contribution is 7.99. The lowest BCUT2D eigenvalue weighted by Gasteiger charge is -2.34. The molecule has 5 heteroatoms. The van der Waals surface area contributed by atoms with E-state index in [9.17, 15) is 9.90 Å². The number of amides is 1. The van der Waals surface area contributed by atoms with E-state index in [1.807, 2.05) is 0 Å². The Bertz CT molecular complexity index is 309. The quantitative estimate of drug-likeness (QED) is 0.812. The highest BCUT2D eigenvalue weighted by atomic mass is 32.2. The third kappa shape index (κ3) is 4.10. The molecule has 0 aromatic heterocycles. The molecular formula is C14H26N2O2S. The van der Waals surface area contributed by atoms with Gasteiger partial charge in [-0.05, 0) is 30.9 Å². The van der Waals surface area contributed by atoms with Crippen LogP contribution in [0.2, 0.25) is 0 Å². The molecule has 0 spiro atoms. The topological polar surface area (TPSA) is 52.6 Å². The van der Waals surface area contributed by atoms with Gasteiger partial charge in [-0.25, -0.2) is 0 Å². The first-order valence-corrected chi connectivity index (χ1v) is 8.48. The molecule has 1 atom stereocenters. The Hall–Kier alpha value is -0.260. The van der Waals surface area contributed by atoms with Crippen LogP contribution in [-0.2, 0) is 4.79 Å². The lowest BCUT2D eigenvalue weighted by atomic mass is 9.99. The van der Waals surface area contributed by atoms with Gasteiger partial charge in [0.1, 0.15) is 0 Å². The molecule has 1 amide bonds. The molecule has 2 saturated heterocycles. The maximum atomic E-state index is 12.1. The Balaban J connectivity index is 1.75. The van der Waals surface area contributed by atoms with Crippen molar-refractivity contribution in [3.63, 3.8) is 0 Å². The van der Waals surface area contributed by atoms with E-state index >= 15 is 0 Å². The molecule has 19 heavy (non-hydrogen) atoms. The first-order valence-electron chi connectivity index (χ1n) is 7.33. The van der Waals surface area contributed by atoms with Gasteiger partial charge in [-0.2, -0.15) is 11.8 Å². The van der Waals surface area contributed by atoms with E-state index in [2.05, 4.69) is 24.1 Å². The number of rotatable bonds is 4. The molecule has 2 heterocycles. The summed E-state index contributed by atoms with van der Waals surface area (Å²) in [6.45, 7) is 7.72. The maximum Gasteiger partial charge on any atom is 0.253 e. The van der Waals surface area contributed by atoms with Crippen LogP contribution in [0.15, 0.2) is 0 Å². The van der Waals surface area contributed by atoms with Crippen LogP contribution in [0.3, 0.4) is 0 Å². The summed E-state index contributed by atoms with van der Waals surface area (Å²) in [5.41, 5.74) is -1.11. The average molecular weight is 286 g/mol. The number of hydrogen-bond acceptors (Lipinski definition) is 4. The van der Waals surface area contributed by atoms with Gasteiger partial charge in [0.25, 0.3) is 5.91 Å². The van der Waals surface area contributed by atoms with Crippen LogP contribution in [0.4, 0.5) is 0 Å². The largest absolute Gasteiger partial charge is 0.379 e. The van der Waals surface area contributed by atoms with Crippen molar-refractivity contribution in [3.8, 4) is 0 Å². The highest BCUT2D eigenvalue weighted by Crippen LogP contribution is 2.28. The van der Waals surface area contributed by atoms with Crippen molar-refractivity contribution < 1.29 is 9.90 Å². The first-order chi connectivity index (χ1) is 8.99. The summed E-state index contributed by atoms with van der Waals surface area (Å²) in [5, 5.41) is 13.3. The molecule has 0 aliphatic carbocycles. The molecule has 4 nitrogen and oxygen atoms in total. The smallest absolute Gasteiger partial charge is 0.253 e. The predicted molar refractivity (Wildman–Crippen MR) is 79.3 cm³/mol. The van der Waals surface area contributed by atoms with Crippen LogP contribution in [0.25, 0.3) is 0 Å². The van der Waals surface area contributed by atoms with E-state index in [1.165, 1.54) is 0 Å². The van der Waals surface area contributed by atoms with Crippen LogP contribution in [0.1, 0.15) is 33.1 Å². The number of aliphatic hydroxyl groups is 1. The second-order valence-corrected chi connectivity index (χ2v) is 7.38. The molecule has 2 N–H and O–H groups in total. The molecule has 2 aliphatic heterocycles. The standard InChI is InChI=1S/C14H26N2O2S/c1-11(2)9-16-6-3-12(4-7-16)15-13(17)14(18)5-8-19-10-14/h11-12,18H,3-10H2,1-2H3,(H,15,17). The molecule has 0 aromatic carbocycles. The van der Waals surface area contributed by atoms with Crippen LogP contribution in [-0.4, -0.2) is 58.7 Å². The zero-order chi connectivity index (χ0) is 13.9. The van der Waals surface area contributed by atoms with Crippen molar-refractivity contribution in [2.45, 2.75) is 44.8 Å². The number of hydrogen-bond donors (Lipinski definition) is 2. The molecule has 2 aliphatic rings. The monoisotopic (exact) mass is 286 g/mol. The molecule has 1 unspecified atom stereocenters. The van der Waals surface area contributed by atoms with Gasteiger partial charge in [0, 0.05) is 31.4 Å². The van der Waals surface area contributed by atoms with E-state index in [4.69, 9.17) is 0 Å². The molecule has 0 saturated carbocycles. The first kappa shape index (κ1) is 15.1. The average Bonchev–Trinajstić information content (AvgIpc) is 2.79. The fourth-order valence-corrected chi connectivity index (χ4v) is 4.07. The van der Waals surface area contributed by atoms with Gasteiger partial charge in [0.05, 0.1) is 0 Å². The van der Waals surface area contributed by atoms with E-state index < -0.39 is 5.60 Å². The minimum absolute atomic E-state index is 0.153. The summed E-state index contributed by atoms with van der Waals surface area (Å²) in [6, 6.07) is 0.241. The molecule has 0 aromatic rings. The second kappa shape index (κ2) is 6.46. The fourth-order valence-electron chi connectivity index (χ4n) is 2.83. The van der Waals surface area contributed by atoms with Crippen molar-refractivity contribution in [1.82, 2.24) is 10.2 Å². The van der Waals surface area contributed by atoms with E-state index in [0.29, 0.717) is 18.1 Å².